The molecule has 186 valence electrons. The molecule has 0 radical (unpaired) electrons. The van der Waals surface area contributed by atoms with E-state index in [4.69, 9.17) is 14.2 Å². The summed E-state index contributed by atoms with van der Waals surface area (Å²) in [6.45, 7) is 2.66. The molecule has 0 saturated carbocycles. The summed E-state index contributed by atoms with van der Waals surface area (Å²) >= 11 is 0. The van der Waals surface area contributed by atoms with Crippen LogP contribution in [0.15, 0.2) is 65.1 Å². The van der Waals surface area contributed by atoms with Crippen LogP contribution in [0.4, 0.5) is 11.4 Å². The van der Waals surface area contributed by atoms with E-state index in [0.717, 1.165) is 0 Å². The number of nitro benzene ring substituents is 1. The molecule has 0 aromatic heterocycles. The molecule has 1 N–H and O–H groups in total. The second-order valence-corrected chi connectivity index (χ2v) is 7.69. The summed E-state index contributed by atoms with van der Waals surface area (Å²) < 4.78 is 15.3. The normalized spacial score (nSPS) is 13.4. The maximum atomic E-state index is 13.1. The van der Waals surface area contributed by atoms with Crippen molar-refractivity contribution in [2.24, 2.45) is 0 Å². The molecule has 0 unspecified atom stereocenters. The summed E-state index contributed by atoms with van der Waals surface area (Å²) in [7, 11) is 2.51. The number of allylic oxidation sites excluding steroid dienone is 2. The van der Waals surface area contributed by atoms with Crippen LogP contribution in [-0.2, 0) is 30.3 Å². The molecule has 11 heteroatoms. The lowest BCUT2D eigenvalue weighted by Gasteiger charge is -2.20. The Morgan fingerprint density at radius 1 is 1.00 bits per heavy atom. The molecule has 0 saturated heterocycles. The molecule has 0 fully saturated rings. The van der Waals surface area contributed by atoms with Gasteiger partial charge in [-0.15, -0.1) is 0 Å². The van der Waals surface area contributed by atoms with E-state index < -0.39 is 28.4 Å². The number of nitro groups is 1. The molecule has 11 nitrogen and oxygen atoms in total. The maximum Gasteiger partial charge on any atom is 0.308 e. The number of ether oxygens (including phenoxy) is 3. The van der Waals surface area contributed by atoms with E-state index in [1.165, 1.54) is 64.5 Å². The summed E-state index contributed by atoms with van der Waals surface area (Å²) in [5.41, 5.74) is 0.667. The summed E-state index contributed by atoms with van der Waals surface area (Å²) in [6, 6.07) is 9.67. The van der Waals surface area contributed by atoms with Crippen LogP contribution in [0.25, 0.3) is 0 Å². The van der Waals surface area contributed by atoms with Crippen molar-refractivity contribution < 1.29 is 38.3 Å². The number of hydrogen-bond donors (Lipinski definition) is 1. The first-order valence-electron chi connectivity index (χ1n) is 10.6. The third-order valence-electron chi connectivity index (χ3n) is 5.33. The van der Waals surface area contributed by atoms with Crippen molar-refractivity contribution in [3.05, 3.63) is 86.4 Å². The number of amides is 1. The van der Waals surface area contributed by atoms with Gasteiger partial charge >= 0.3 is 5.97 Å². The number of methoxy groups -OCH3 is 2. The Balaban J connectivity index is 1.98. The zero-order chi connectivity index (χ0) is 26.6. The first kappa shape index (κ1) is 25.8. The Kier molecular flexibility index (Phi) is 7.63. The van der Waals surface area contributed by atoms with Gasteiger partial charge in [-0.3, -0.25) is 29.3 Å². The highest BCUT2D eigenvalue weighted by atomic mass is 16.6. The summed E-state index contributed by atoms with van der Waals surface area (Å²) in [4.78, 5) is 60.7. The fourth-order valence-electron chi connectivity index (χ4n) is 3.61. The molecule has 0 spiro atoms. The standard InChI is InChI=1S/C25H22N2O9/c1-13-18(22(30)24(35-4)23(34-3)21(13)29)10-15-8-9-20(36-14(2)28)19(11-15)25(31)26-16-6-5-7-17(12-16)27(32)33/h5-9,11-12H,10H2,1-4H3,(H,26,31). The molecule has 2 aromatic rings. The molecule has 0 bridgehead atoms. The molecular weight excluding hydrogens is 472 g/mol. The predicted molar refractivity (Wildman–Crippen MR) is 126 cm³/mol. The maximum absolute atomic E-state index is 13.1. The quantitative estimate of drug-likeness (QED) is 0.192. The number of non-ortho nitro benzene ring substituents is 1. The molecule has 1 amide bonds. The molecular formula is C25H22N2O9. The van der Waals surface area contributed by atoms with Gasteiger partial charge in [0.05, 0.1) is 24.7 Å². The van der Waals surface area contributed by atoms with Crippen molar-refractivity contribution in [2.75, 3.05) is 19.5 Å². The number of nitrogens with one attached hydrogen (secondary N) is 1. The topological polar surface area (TPSA) is 151 Å². The van der Waals surface area contributed by atoms with Gasteiger partial charge < -0.3 is 19.5 Å². The van der Waals surface area contributed by atoms with Crippen molar-refractivity contribution in [1.29, 1.82) is 0 Å². The van der Waals surface area contributed by atoms with Gasteiger partial charge in [-0.2, -0.15) is 0 Å². The van der Waals surface area contributed by atoms with Crippen LogP contribution in [-0.4, -0.2) is 42.6 Å². The summed E-state index contributed by atoms with van der Waals surface area (Å²) in [6.07, 6.45) is -0.0301. The van der Waals surface area contributed by atoms with Crippen molar-refractivity contribution in [3.8, 4) is 5.75 Å². The smallest absolute Gasteiger partial charge is 0.308 e. The van der Waals surface area contributed by atoms with Gasteiger partial charge in [-0.25, -0.2) is 0 Å². The zero-order valence-electron chi connectivity index (χ0n) is 19.9. The molecule has 36 heavy (non-hydrogen) atoms. The summed E-state index contributed by atoms with van der Waals surface area (Å²) in [5.74, 6) is -2.85. The molecule has 1 aliphatic carbocycles. The van der Waals surface area contributed by atoms with Crippen LogP contribution in [0, 0.1) is 10.1 Å². The van der Waals surface area contributed by atoms with Crippen LogP contribution in [0.2, 0.25) is 0 Å². The van der Waals surface area contributed by atoms with Gasteiger partial charge in [-0.05, 0) is 30.7 Å². The van der Waals surface area contributed by atoms with Crippen molar-refractivity contribution >= 4 is 34.8 Å². The van der Waals surface area contributed by atoms with E-state index in [-0.39, 0.29) is 51.8 Å². The molecule has 1 aliphatic rings. The molecule has 0 aliphatic heterocycles. The van der Waals surface area contributed by atoms with E-state index in [1.54, 1.807) is 6.07 Å². The first-order valence-corrected chi connectivity index (χ1v) is 10.6. The zero-order valence-corrected chi connectivity index (χ0v) is 19.9. The minimum absolute atomic E-state index is 0.0301. The van der Waals surface area contributed by atoms with Gasteiger partial charge in [-0.1, -0.05) is 12.1 Å². The van der Waals surface area contributed by atoms with E-state index >= 15 is 0 Å². The number of Topliss-reactive ketones (excluding diaryl/α,β-unsaturated/α-hetero) is 2. The Morgan fingerprint density at radius 2 is 1.67 bits per heavy atom. The molecule has 0 atom stereocenters. The average Bonchev–Trinajstić information content (AvgIpc) is 2.84. The van der Waals surface area contributed by atoms with Crippen LogP contribution in [0.5, 0.6) is 5.75 Å². The number of benzene rings is 2. The fourth-order valence-corrected chi connectivity index (χ4v) is 3.61. The Hall–Kier alpha value is -4.80. The fraction of sp³-hybridized carbons (Fsp3) is 0.200. The minimum Gasteiger partial charge on any atom is -0.489 e. The van der Waals surface area contributed by atoms with Gasteiger partial charge in [0.15, 0.2) is 0 Å². The Bertz CT molecular complexity index is 1360. The largest absolute Gasteiger partial charge is 0.489 e. The molecule has 0 heterocycles. The van der Waals surface area contributed by atoms with Gasteiger partial charge in [0.1, 0.15) is 5.75 Å². The molecule has 3 rings (SSSR count). The van der Waals surface area contributed by atoms with E-state index in [0.29, 0.717) is 5.56 Å². The number of anilines is 1. The lowest BCUT2D eigenvalue weighted by molar-refractivity contribution is -0.384. The highest BCUT2D eigenvalue weighted by Gasteiger charge is 2.34. The van der Waals surface area contributed by atoms with Gasteiger partial charge in [0.2, 0.25) is 23.1 Å². The highest BCUT2D eigenvalue weighted by molar-refractivity contribution is 6.23. The van der Waals surface area contributed by atoms with Crippen molar-refractivity contribution in [1.82, 2.24) is 0 Å². The third-order valence-corrected chi connectivity index (χ3v) is 5.33. The van der Waals surface area contributed by atoms with Gasteiger partial charge in [0, 0.05) is 42.3 Å². The Labute approximate surface area is 205 Å². The van der Waals surface area contributed by atoms with E-state index in [1.807, 2.05) is 0 Å². The molecule has 2 aromatic carbocycles. The van der Waals surface area contributed by atoms with E-state index in [9.17, 15) is 29.3 Å². The summed E-state index contributed by atoms with van der Waals surface area (Å²) in [5, 5.41) is 13.6. The van der Waals surface area contributed by atoms with Gasteiger partial charge in [0.25, 0.3) is 11.6 Å². The van der Waals surface area contributed by atoms with Crippen molar-refractivity contribution in [2.45, 2.75) is 20.3 Å². The highest BCUT2D eigenvalue weighted by Crippen LogP contribution is 2.30. The van der Waals surface area contributed by atoms with Crippen LogP contribution in [0.1, 0.15) is 29.8 Å². The monoisotopic (exact) mass is 494 g/mol. The first-order chi connectivity index (χ1) is 17.1. The lowest BCUT2D eigenvalue weighted by Crippen LogP contribution is -2.26. The number of hydrogen-bond acceptors (Lipinski definition) is 9. The number of rotatable bonds is 8. The Morgan fingerprint density at radius 3 is 2.28 bits per heavy atom. The van der Waals surface area contributed by atoms with Crippen LogP contribution in [0.3, 0.4) is 0 Å². The van der Waals surface area contributed by atoms with E-state index in [2.05, 4.69) is 5.32 Å². The lowest BCUT2D eigenvalue weighted by atomic mass is 9.88. The number of nitrogens with zero attached hydrogens (tertiary/aromatic N) is 1. The predicted octanol–water partition coefficient (Wildman–Crippen LogP) is 3.29. The second-order valence-electron chi connectivity index (χ2n) is 7.69. The number of esters is 1. The second kappa shape index (κ2) is 10.6. The number of ketones is 2. The minimum atomic E-state index is -0.704. The average molecular weight is 494 g/mol. The van der Waals surface area contributed by atoms with Crippen LogP contribution < -0.4 is 10.1 Å². The number of carbonyl (C=O) groups is 4. The van der Waals surface area contributed by atoms with Crippen molar-refractivity contribution in [3.63, 3.8) is 0 Å². The van der Waals surface area contributed by atoms with Crippen LogP contribution >= 0.6 is 0 Å². The number of carbonyl (C=O) groups excluding carboxylic acids is 4. The third kappa shape index (κ3) is 5.30. The SMILES string of the molecule is COC1=C(OC)C(=O)C(Cc2ccc(OC(C)=O)c(C(=O)Nc3cccc([N+](=O)[O-])c3)c2)=C(C)C1=O.